The van der Waals surface area contributed by atoms with Crippen molar-refractivity contribution < 1.29 is 14.6 Å². The normalized spacial score (nSPS) is 14.0. The highest BCUT2D eigenvalue weighted by Gasteiger charge is 2.49. The Morgan fingerprint density at radius 2 is 1.95 bits per heavy atom. The number of anilines is 2. The minimum absolute atomic E-state index is 0.272. The Balaban J connectivity index is 1.41. The van der Waals surface area contributed by atoms with Crippen molar-refractivity contribution in [1.82, 2.24) is 24.7 Å². The van der Waals surface area contributed by atoms with E-state index in [0.717, 1.165) is 57.9 Å². The zero-order valence-corrected chi connectivity index (χ0v) is 22.1. The summed E-state index contributed by atoms with van der Waals surface area (Å²) < 4.78 is 7.22. The number of hydrogen-bond acceptors (Lipinski definition) is 7. The molecule has 9 nitrogen and oxygen atoms in total. The average molecular weight is 513 g/mol. The number of aryl methyl sites for hydroxylation is 1. The summed E-state index contributed by atoms with van der Waals surface area (Å²) in [5.41, 5.74) is 5.93. The maximum absolute atomic E-state index is 11.7. The van der Waals surface area contributed by atoms with E-state index in [0.29, 0.717) is 18.8 Å². The van der Waals surface area contributed by atoms with Gasteiger partial charge in [0.2, 0.25) is 0 Å². The predicted molar refractivity (Wildman–Crippen MR) is 145 cm³/mol. The first kappa shape index (κ1) is 25.5. The van der Waals surface area contributed by atoms with Gasteiger partial charge in [-0.15, -0.1) is 0 Å². The number of aromatic nitrogens is 5. The van der Waals surface area contributed by atoms with E-state index < -0.39 is 11.4 Å². The van der Waals surface area contributed by atoms with E-state index in [4.69, 9.17) is 9.72 Å². The molecule has 1 aliphatic carbocycles. The maximum atomic E-state index is 11.7. The summed E-state index contributed by atoms with van der Waals surface area (Å²) >= 11 is 0. The summed E-state index contributed by atoms with van der Waals surface area (Å²) in [6.45, 7) is 4.60. The van der Waals surface area contributed by atoms with Gasteiger partial charge in [-0.25, -0.2) is 4.98 Å². The van der Waals surface area contributed by atoms with Crippen LogP contribution in [0.4, 0.5) is 11.6 Å². The monoisotopic (exact) mass is 512 g/mol. The number of pyridine rings is 1. The molecule has 0 amide bonds. The smallest absolute Gasteiger partial charge is 0.309 e. The Morgan fingerprint density at radius 3 is 2.61 bits per heavy atom. The van der Waals surface area contributed by atoms with E-state index in [-0.39, 0.29) is 5.92 Å². The third-order valence-corrected chi connectivity index (χ3v) is 7.10. The fraction of sp³-hybridized carbons (Fsp3) is 0.345. The van der Waals surface area contributed by atoms with Crippen molar-refractivity contribution in [2.24, 2.45) is 12.5 Å². The third kappa shape index (κ3) is 5.15. The summed E-state index contributed by atoms with van der Waals surface area (Å²) in [5, 5.41) is 17.4. The molecule has 4 aromatic rings. The van der Waals surface area contributed by atoms with Gasteiger partial charge in [0, 0.05) is 32.1 Å². The highest BCUT2D eigenvalue weighted by molar-refractivity contribution is 5.79. The molecule has 9 heteroatoms. The first-order valence-electron chi connectivity index (χ1n) is 12.7. The van der Waals surface area contributed by atoms with Gasteiger partial charge in [0.05, 0.1) is 41.4 Å². The molecular weight excluding hydrogens is 480 g/mol. The van der Waals surface area contributed by atoms with Gasteiger partial charge in [0.1, 0.15) is 11.6 Å². The maximum Gasteiger partial charge on any atom is 0.309 e. The lowest BCUT2D eigenvalue weighted by atomic mass is 9.92. The quantitative estimate of drug-likeness (QED) is 0.292. The second-order valence-electron chi connectivity index (χ2n) is 10.3. The molecule has 1 aliphatic rings. The molecule has 0 aliphatic heterocycles. The van der Waals surface area contributed by atoms with Gasteiger partial charge in [-0.3, -0.25) is 19.4 Å². The Kier molecular flexibility index (Phi) is 6.94. The number of methoxy groups -OCH3 is 1. The van der Waals surface area contributed by atoms with Crippen LogP contribution in [0.2, 0.25) is 0 Å². The molecule has 0 bridgehead atoms. The SMILES string of the molecule is COCc1cc(CC2(C(=O)O)CC2)ccc1-c1ccc(-c2cnn(C)c2Nc2cncc(C(C)C)n2)nc1. The third-order valence-electron chi connectivity index (χ3n) is 7.10. The predicted octanol–water partition coefficient (Wildman–Crippen LogP) is 5.36. The molecule has 0 saturated heterocycles. The van der Waals surface area contributed by atoms with Crippen LogP contribution in [-0.4, -0.2) is 42.9 Å². The lowest BCUT2D eigenvalue weighted by Crippen LogP contribution is -2.17. The number of carboxylic acids is 1. The molecule has 3 heterocycles. The number of carbonyl (C=O) groups is 1. The molecule has 0 radical (unpaired) electrons. The van der Waals surface area contributed by atoms with E-state index in [9.17, 15) is 9.90 Å². The van der Waals surface area contributed by atoms with Crippen LogP contribution in [-0.2, 0) is 29.6 Å². The molecule has 2 N–H and O–H groups in total. The Labute approximate surface area is 221 Å². The van der Waals surface area contributed by atoms with Crippen molar-refractivity contribution in [2.45, 2.75) is 45.6 Å². The molecule has 38 heavy (non-hydrogen) atoms. The van der Waals surface area contributed by atoms with Crippen LogP contribution in [0.3, 0.4) is 0 Å². The van der Waals surface area contributed by atoms with E-state index in [1.165, 1.54) is 0 Å². The number of benzene rings is 1. The summed E-state index contributed by atoms with van der Waals surface area (Å²) in [4.78, 5) is 25.4. The Bertz CT molecular complexity index is 1460. The number of rotatable bonds is 10. The lowest BCUT2D eigenvalue weighted by Gasteiger charge is -2.15. The average Bonchev–Trinajstić information content (AvgIpc) is 3.61. The summed E-state index contributed by atoms with van der Waals surface area (Å²) in [6, 6.07) is 10.1. The van der Waals surface area contributed by atoms with Gasteiger partial charge in [-0.1, -0.05) is 38.1 Å². The molecule has 0 spiro atoms. The molecule has 196 valence electrons. The second kappa shape index (κ2) is 10.3. The van der Waals surface area contributed by atoms with Crippen LogP contribution in [0.25, 0.3) is 22.4 Å². The minimum Gasteiger partial charge on any atom is -0.481 e. The van der Waals surface area contributed by atoms with Gasteiger partial charge in [-0.05, 0) is 47.9 Å². The molecule has 1 fully saturated rings. The largest absolute Gasteiger partial charge is 0.481 e. The summed E-state index contributed by atoms with van der Waals surface area (Å²) in [5.74, 6) is 0.988. The van der Waals surface area contributed by atoms with E-state index >= 15 is 0 Å². The van der Waals surface area contributed by atoms with Crippen LogP contribution in [0.15, 0.2) is 55.1 Å². The van der Waals surface area contributed by atoms with Gasteiger partial charge in [0.25, 0.3) is 0 Å². The number of hydrogen-bond donors (Lipinski definition) is 2. The first-order valence-corrected chi connectivity index (χ1v) is 12.7. The zero-order valence-electron chi connectivity index (χ0n) is 22.1. The second-order valence-corrected chi connectivity index (χ2v) is 10.3. The highest BCUT2D eigenvalue weighted by Crippen LogP contribution is 2.49. The Morgan fingerprint density at radius 1 is 1.13 bits per heavy atom. The molecular formula is C29H32N6O3. The van der Waals surface area contributed by atoms with Crippen LogP contribution < -0.4 is 5.32 Å². The first-order chi connectivity index (χ1) is 18.3. The van der Waals surface area contributed by atoms with Crippen LogP contribution in [0, 0.1) is 5.41 Å². The van der Waals surface area contributed by atoms with E-state index in [1.807, 2.05) is 37.5 Å². The van der Waals surface area contributed by atoms with Crippen molar-refractivity contribution in [3.8, 4) is 22.4 Å². The van der Waals surface area contributed by atoms with Crippen molar-refractivity contribution in [1.29, 1.82) is 0 Å². The Hall–Kier alpha value is -4.11. The topological polar surface area (TPSA) is 115 Å². The van der Waals surface area contributed by atoms with Gasteiger partial charge in [0.15, 0.2) is 0 Å². The molecule has 0 atom stereocenters. The van der Waals surface area contributed by atoms with Crippen molar-refractivity contribution in [2.75, 3.05) is 12.4 Å². The number of nitrogens with zero attached hydrogens (tertiary/aromatic N) is 5. The van der Waals surface area contributed by atoms with Crippen molar-refractivity contribution in [3.05, 3.63) is 71.9 Å². The fourth-order valence-electron chi connectivity index (χ4n) is 4.65. The molecule has 0 unspecified atom stereocenters. The number of nitrogens with one attached hydrogen (secondary N) is 1. The molecule has 3 aromatic heterocycles. The standard InChI is InChI=1S/C29H32N6O3/c1-18(2)25-15-30-16-26(33-25)34-27-23(14-32-35(27)3)24-8-6-20(13-31-24)22-7-5-19(11-21(22)17-38-4)12-29(9-10-29)28(36)37/h5-8,11,13-16,18H,9-10,12,17H2,1-4H3,(H,33,34)(H,36,37). The van der Waals surface area contributed by atoms with Gasteiger partial charge < -0.3 is 15.2 Å². The van der Waals surface area contributed by atoms with Gasteiger partial charge in [-0.2, -0.15) is 5.10 Å². The molecule has 5 rings (SSSR count). The number of ether oxygens (including phenoxy) is 1. The van der Waals surface area contributed by atoms with Crippen molar-refractivity contribution >= 4 is 17.6 Å². The molecule has 1 aromatic carbocycles. The summed E-state index contributed by atoms with van der Waals surface area (Å²) in [6.07, 6.45) is 9.11. The van der Waals surface area contributed by atoms with Crippen molar-refractivity contribution in [3.63, 3.8) is 0 Å². The van der Waals surface area contributed by atoms with Crippen LogP contribution in [0.5, 0.6) is 0 Å². The van der Waals surface area contributed by atoms with Gasteiger partial charge >= 0.3 is 5.97 Å². The zero-order chi connectivity index (χ0) is 26.9. The van der Waals surface area contributed by atoms with E-state index in [2.05, 4.69) is 40.3 Å². The van der Waals surface area contributed by atoms with Crippen LogP contribution in [0.1, 0.15) is 49.4 Å². The molecule has 1 saturated carbocycles. The summed E-state index contributed by atoms with van der Waals surface area (Å²) in [7, 11) is 3.53. The van der Waals surface area contributed by atoms with E-state index in [1.54, 1.807) is 30.4 Å². The number of aliphatic carboxylic acids is 1. The number of carboxylic acid groups (broad SMARTS) is 1. The fourth-order valence-corrected chi connectivity index (χ4v) is 4.65. The lowest BCUT2D eigenvalue weighted by molar-refractivity contribution is -0.143. The van der Waals surface area contributed by atoms with Crippen LogP contribution >= 0.6 is 0 Å². The minimum atomic E-state index is -0.710. The highest BCUT2D eigenvalue weighted by atomic mass is 16.5.